The first-order chi connectivity index (χ1) is 7.79. The number of anilines is 1. The monoisotopic (exact) mass is 220 g/mol. The molecule has 0 saturated carbocycles. The minimum Gasteiger partial charge on any atom is -0.494 e. The second-order valence-electron chi connectivity index (χ2n) is 3.86. The smallest absolute Gasteiger partial charge is 0.224 e. The van der Waals surface area contributed by atoms with Crippen molar-refractivity contribution < 1.29 is 9.53 Å². The number of ether oxygens (including phenoxy) is 1. The van der Waals surface area contributed by atoms with E-state index >= 15 is 0 Å². The number of fused-ring (bicyclic) bond motifs is 1. The van der Waals surface area contributed by atoms with Gasteiger partial charge in [-0.05, 0) is 43.1 Å². The Morgan fingerprint density at radius 3 is 3.06 bits per heavy atom. The number of aryl methyl sites for hydroxylation is 1. The number of nitrogens with two attached hydrogens (primary N) is 1. The normalized spacial score (nSPS) is 14.2. The first kappa shape index (κ1) is 11.0. The lowest BCUT2D eigenvalue weighted by Crippen LogP contribution is -2.18. The molecule has 16 heavy (non-hydrogen) atoms. The predicted octanol–water partition coefficient (Wildman–Crippen LogP) is 1.30. The molecule has 0 unspecified atom stereocenters. The van der Waals surface area contributed by atoms with Crippen molar-refractivity contribution in [1.29, 1.82) is 0 Å². The van der Waals surface area contributed by atoms with Gasteiger partial charge in [0.1, 0.15) is 5.75 Å². The molecule has 0 spiro atoms. The van der Waals surface area contributed by atoms with Crippen LogP contribution >= 0.6 is 0 Å². The number of carbonyl (C=O) groups is 1. The molecule has 1 aliphatic rings. The zero-order valence-electron chi connectivity index (χ0n) is 9.16. The molecule has 0 bridgehead atoms. The first-order valence-corrected chi connectivity index (χ1v) is 5.55. The van der Waals surface area contributed by atoms with Crippen molar-refractivity contribution in [3.63, 3.8) is 0 Å². The van der Waals surface area contributed by atoms with Gasteiger partial charge in [0.25, 0.3) is 0 Å². The van der Waals surface area contributed by atoms with E-state index in [-0.39, 0.29) is 5.91 Å². The quantitative estimate of drug-likeness (QED) is 0.752. The minimum absolute atomic E-state index is 0.0873. The van der Waals surface area contributed by atoms with E-state index in [0.717, 1.165) is 29.8 Å². The van der Waals surface area contributed by atoms with Crippen molar-refractivity contribution >= 4 is 11.6 Å². The maximum atomic E-state index is 11.2. The van der Waals surface area contributed by atoms with Crippen molar-refractivity contribution in [2.24, 2.45) is 5.73 Å². The summed E-state index contributed by atoms with van der Waals surface area (Å²) in [5, 5.41) is 2.84. The highest BCUT2D eigenvalue weighted by Crippen LogP contribution is 2.26. The molecule has 1 aromatic carbocycles. The van der Waals surface area contributed by atoms with Crippen LogP contribution in [0.2, 0.25) is 0 Å². The molecule has 1 heterocycles. The first-order valence-electron chi connectivity index (χ1n) is 5.55. The summed E-state index contributed by atoms with van der Waals surface area (Å²) in [5.41, 5.74) is 7.44. The number of amides is 1. The fourth-order valence-corrected chi connectivity index (χ4v) is 1.72. The molecule has 4 heteroatoms. The van der Waals surface area contributed by atoms with E-state index in [1.165, 1.54) is 0 Å². The third-order valence-corrected chi connectivity index (χ3v) is 2.59. The predicted molar refractivity (Wildman–Crippen MR) is 62.6 cm³/mol. The van der Waals surface area contributed by atoms with Crippen LogP contribution in [0.15, 0.2) is 18.2 Å². The summed E-state index contributed by atoms with van der Waals surface area (Å²) >= 11 is 0. The maximum absolute atomic E-state index is 11.2. The van der Waals surface area contributed by atoms with Gasteiger partial charge in [0.05, 0.1) is 6.61 Å². The van der Waals surface area contributed by atoms with E-state index in [9.17, 15) is 4.79 Å². The van der Waals surface area contributed by atoms with Crippen LogP contribution in [0.4, 0.5) is 5.69 Å². The Morgan fingerprint density at radius 1 is 1.38 bits per heavy atom. The topological polar surface area (TPSA) is 64.3 Å². The molecule has 4 nitrogen and oxygen atoms in total. The average Bonchev–Trinajstić information content (AvgIpc) is 2.29. The number of benzene rings is 1. The largest absolute Gasteiger partial charge is 0.494 e. The van der Waals surface area contributed by atoms with Gasteiger partial charge >= 0.3 is 0 Å². The Morgan fingerprint density at radius 2 is 2.25 bits per heavy atom. The minimum atomic E-state index is 0.0873. The van der Waals surface area contributed by atoms with Gasteiger partial charge < -0.3 is 15.8 Å². The molecule has 0 atom stereocenters. The van der Waals surface area contributed by atoms with Crippen LogP contribution < -0.4 is 15.8 Å². The van der Waals surface area contributed by atoms with E-state index in [0.29, 0.717) is 19.6 Å². The molecular formula is C12H16N2O2. The van der Waals surface area contributed by atoms with Gasteiger partial charge in [0.15, 0.2) is 0 Å². The van der Waals surface area contributed by atoms with E-state index in [2.05, 4.69) is 5.32 Å². The molecule has 2 rings (SSSR count). The van der Waals surface area contributed by atoms with Crippen LogP contribution in [-0.2, 0) is 11.2 Å². The van der Waals surface area contributed by atoms with Crippen molar-refractivity contribution in [2.45, 2.75) is 19.3 Å². The zero-order chi connectivity index (χ0) is 11.4. The van der Waals surface area contributed by atoms with E-state index in [4.69, 9.17) is 10.5 Å². The van der Waals surface area contributed by atoms with Gasteiger partial charge in [-0.3, -0.25) is 4.79 Å². The summed E-state index contributed by atoms with van der Waals surface area (Å²) in [6.07, 6.45) is 2.20. The maximum Gasteiger partial charge on any atom is 0.224 e. The van der Waals surface area contributed by atoms with Crippen LogP contribution in [-0.4, -0.2) is 19.1 Å². The second-order valence-corrected chi connectivity index (χ2v) is 3.86. The second kappa shape index (κ2) is 4.99. The summed E-state index contributed by atoms with van der Waals surface area (Å²) < 4.78 is 5.55. The summed E-state index contributed by atoms with van der Waals surface area (Å²) in [7, 11) is 0. The Bertz CT molecular complexity index is 391. The molecule has 0 fully saturated rings. The van der Waals surface area contributed by atoms with Gasteiger partial charge in [0, 0.05) is 12.1 Å². The highest BCUT2D eigenvalue weighted by Gasteiger charge is 2.14. The van der Waals surface area contributed by atoms with Gasteiger partial charge in [-0.1, -0.05) is 0 Å². The number of nitrogens with one attached hydrogen (secondary N) is 1. The van der Waals surface area contributed by atoms with Crippen molar-refractivity contribution in [3.05, 3.63) is 23.8 Å². The van der Waals surface area contributed by atoms with Crippen LogP contribution in [0.5, 0.6) is 5.75 Å². The Kier molecular flexibility index (Phi) is 3.41. The fraction of sp³-hybridized carbons (Fsp3) is 0.417. The van der Waals surface area contributed by atoms with Crippen LogP contribution in [0, 0.1) is 0 Å². The number of rotatable bonds is 4. The molecule has 0 radical (unpaired) electrons. The number of hydrogen-bond donors (Lipinski definition) is 2. The zero-order valence-corrected chi connectivity index (χ0v) is 9.16. The van der Waals surface area contributed by atoms with Gasteiger partial charge in [-0.15, -0.1) is 0 Å². The Balaban J connectivity index is 2.04. The third kappa shape index (κ3) is 2.52. The highest BCUT2D eigenvalue weighted by atomic mass is 16.5. The lowest BCUT2D eigenvalue weighted by Gasteiger charge is -2.17. The molecule has 1 aromatic rings. The summed E-state index contributed by atoms with van der Waals surface area (Å²) in [6.45, 7) is 1.28. The van der Waals surface area contributed by atoms with Crippen molar-refractivity contribution in [2.75, 3.05) is 18.5 Å². The standard InChI is InChI=1S/C12H16N2O2/c13-6-1-7-16-10-3-4-11-9(8-10)2-5-12(15)14-11/h3-4,8H,1-2,5-7,13H2,(H,14,15). The van der Waals surface area contributed by atoms with Gasteiger partial charge in [0.2, 0.25) is 5.91 Å². The molecule has 1 amide bonds. The molecule has 0 saturated heterocycles. The molecule has 86 valence electrons. The average molecular weight is 220 g/mol. The molecule has 1 aliphatic heterocycles. The molecule has 0 aliphatic carbocycles. The highest BCUT2D eigenvalue weighted by molar-refractivity contribution is 5.93. The van der Waals surface area contributed by atoms with E-state index in [1.54, 1.807) is 0 Å². The molecule has 3 N–H and O–H groups in total. The van der Waals surface area contributed by atoms with Crippen LogP contribution in [0.3, 0.4) is 0 Å². The Hall–Kier alpha value is -1.55. The van der Waals surface area contributed by atoms with E-state index < -0.39 is 0 Å². The Labute approximate surface area is 94.8 Å². The van der Waals surface area contributed by atoms with Gasteiger partial charge in [-0.25, -0.2) is 0 Å². The van der Waals surface area contributed by atoms with Crippen molar-refractivity contribution in [1.82, 2.24) is 0 Å². The van der Waals surface area contributed by atoms with E-state index in [1.807, 2.05) is 18.2 Å². The fourth-order valence-electron chi connectivity index (χ4n) is 1.72. The third-order valence-electron chi connectivity index (χ3n) is 2.59. The van der Waals surface area contributed by atoms with Crippen molar-refractivity contribution in [3.8, 4) is 5.75 Å². The number of carbonyl (C=O) groups excluding carboxylic acids is 1. The summed E-state index contributed by atoms with van der Waals surface area (Å²) in [5.74, 6) is 0.938. The lowest BCUT2D eigenvalue weighted by atomic mass is 10.0. The van der Waals surface area contributed by atoms with Gasteiger partial charge in [-0.2, -0.15) is 0 Å². The molecule has 0 aromatic heterocycles. The number of hydrogen-bond acceptors (Lipinski definition) is 3. The van der Waals surface area contributed by atoms with Crippen LogP contribution in [0.1, 0.15) is 18.4 Å². The molecular weight excluding hydrogens is 204 g/mol. The van der Waals surface area contributed by atoms with Crippen LogP contribution in [0.25, 0.3) is 0 Å². The summed E-state index contributed by atoms with van der Waals surface area (Å²) in [6, 6.07) is 5.76. The summed E-state index contributed by atoms with van der Waals surface area (Å²) in [4.78, 5) is 11.2. The lowest BCUT2D eigenvalue weighted by molar-refractivity contribution is -0.116. The SMILES string of the molecule is NCCCOc1ccc2c(c1)CCC(=O)N2.